The van der Waals surface area contributed by atoms with Gasteiger partial charge in [-0.25, -0.2) is 9.37 Å². The molecule has 1 aromatic carbocycles. The van der Waals surface area contributed by atoms with Crippen molar-refractivity contribution in [3.63, 3.8) is 0 Å². The van der Waals surface area contributed by atoms with Gasteiger partial charge < -0.3 is 14.8 Å². The third-order valence-corrected chi connectivity index (χ3v) is 4.89. The zero-order valence-corrected chi connectivity index (χ0v) is 15.0. The second kappa shape index (κ2) is 7.68. The summed E-state index contributed by atoms with van der Waals surface area (Å²) in [4.78, 5) is 30.0. The van der Waals surface area contributed by atoms with Crippen molar-refractivity contribution in [2.45, 2.75) is 25.7 Å². The Hall–Kier alpha value is -2.70. The van der Waals surface area contributed by atoms with E-state index in [1.54, 1.807) is 48.1 Å². The number of rotatable bonds is 4. The molecule has 1 saturated carbocycles. The molecular formula is C19H23FN4O2. The van der Waals surface area contributed by atoms with Gasteiger partial charge in [-0.05, 0) is 43.9 Å². The number of amides is 2. The van der Waals surface area contributed by atoms with E-state index in [9.17, 15) is 14.0 Å². The predicted molar refractivity (Wildman–Crippen MR) is 96.3 cm³/mol. The summed E-state index contributed by atoms with van der Waals surface area (Å²) in [6.07, 6.45) is 7.52. The number of nitrogens with zero attached hydrogens (tertiary/aromatic N) is 3. The summed E-state index contributed by atoms with van der Waals surface area (Å²) in [6.45, 7) is 0. The number of anilines is 1. The summed E-state index contributed by atoms with van der Waals surface area (Å²) in [6, 6.07) is 4.60. The minimum Gasteiger partial charge on any atom is -0.349 e. The van der Waals surface area contributed by atoms with Gasteiger partial charge in [-0.15, -0.1) is 0 Å². The molecule has 1 N–H and O–H groups in total. The van der Waals surface area contributed by atoms with E-state index < -0.39 is 5.82 Å². The quantitative estimate of drug-likeness (QED) is 0.914. The second-order valence-corrected chi connectivity index (χ2v) is 6.91. The van der Waals surface area contributed by atoms with E-state index in [0.29, 0.717) is 37.1 Å². The van der Waals surface area contributed by atoms with Crippen LogP contribution < -0.4 is 5.32 Å². The number of hydrogen-bond donors (Lipinski definition) is 1. The molecule has 1 heterocycles. The van der Waals surface area contributed by atoms with Gasteiger partial charge in [-0.3, -0.25) is 9.59 Å². The second-order valence-electron chi connectivity index (χ2n) is 6.91. The minimum absolute atomic E-state index is 0.000887. The molecule has 1 fully saturated rings. The Morgan fingerprint density at radius 2 is 1.88 bits per heavy atom. The van der Waals surface area contributed by atoms with E-state index in [1.807, 2.05) is 0 Å². The van der Waals surface area contributed by atoms with E-state index in [2.05, 4.69) is 10.3 Å². The fraction of sp³-hybridized carbons (Fsp3) is 0.421. The molecule has 6 nitrogen and oxygen atoms in total. The summed E-state index contributed by atoms with van der Waals surface area (Å²) in [7, 11) is 3.51. The Balaban J connectivity index is 1.59. The van der Waals surface area contributed by atoms with Crippen molar-refractivity contribution in [2.24, 2.45) is 11.8 Å². The topological polar surface area (TPSA) is 67.2 Å². The third kappa shape index (κ3) is 3.92. The van der Waals surface area contributed by atoms with Gasteiger partial charge >= 0.3 is 0 Å². The van der Waals surface area contributed by atoms with Gasteiger partial charge in [0, 0.05) is 44.0 Å². The Kier molecular flexibility index (Phi) is 5.35. The first kappa shape index (κ1) is 18.1. The fourth-order valence-electron chi connectivity index (χ4n) is 3.41. The first-order valence-corrected chi connectivity index (χ1v) is 8.75. The highest BCUT2D eigenvalue weighted by molar-refractivity contribution is 5.92. The highest BCUT2D eigenvalue weighted by Crippen LogP contribution is 2.31. The predicted octanol–water partition coefficient (Wildman–Crippen LogP) is 2.84. The lowest BCUT2D eigenvalue weighted by Gasteiger charge is -2.28. The SMILES string of the molecule is CN(C)C(=O)C1CCC(C(=O)Nc2ccc(-n3ccnc3)c(F)c2)CC1. The zero-order chi connectivity index (χ0) is 18.7. The molecular weight excluding hydrogens is 335 g/mol. The van der Waals surface area contributed by atoms with Gasteiger partial charge in [0.2, 0.25) is 11.8 Å². The largest absolute Gasteiger partial charge is 0.349 e. The molecule has 3 rings (SSSR count). The van der Waals surface area contributed by atoms with Gasteiger partial charge in [-0.1, -0.05) is 0 Å². The van der Waals surface area contributed by atoms with Gasteiger partial charge in [0.05, 0.1) is 12.0 Å². The highest BCUT2D eigenvalue weighted by atomic mass is 19.1. The molecule has 0 spiro atoms. The third-order valence-electron chi connectivity index (χ3n) is 4.89. The number of carbonyl (C=O) groups is 2. The fourth-order valence-corrected chi connectivity index (χ4v) is 3.41. The van der Waals surface area contributed by atoms with Crippen LogP contribution in [0, 0.1) is 17.7 Å². The van der Waals surface area contributed by atoms with Crippen LogP contribution in [0.3, 0.4) is 0 Å². The van der Waals surface area contributed by atoms with Crippen LogP contribution in [0.25, 0.3) is 5.69 Å². The van der Waals surface area contributed by atoms with Crippen LogP contribution >= 0.6 is 0 Å². The lowest BCUT2D eigenvalue weighted by molar-refractivity contribution is -0.135. The number of halogens is 1. The minimum atomic E-state index is -0.430. The van der Waals surface area contributed by atoms with Gasteiger partial charge in [0.25, 0.3) is 0 Å². The average Bonchev–Trinajstić information content (AvgIpc) is 3.15. The summed E-state index contributed by atoms with van der Waals surface area (Å²) in [5, 5.41) is 2.79. The van der Waals surface area contributed by atoms with Crippen LogP contribution in [0.1, 0.15) is 25.7 Å². The molecule has 26 heavy (non-hydrogen) atoms. The molecule has 1 aliphatic carbocycles. The number of imidazole rings is 1. The lowest BCUT2D eigenvalue weighted by Crippen LogP contribution is -2.34. The maximum absolute atomic E-state index is 14.3. The van der Waals surface area contributed by atoms with Crippen LogP contribution in [0.15, 0.2) is 36.9 Å². The van der Waals surface area contributed by atoms with Gasteiger partial charge in [-0.2, -0.15) is 0 Å². The molecule has 2 amide bonds. The molecule has 1 aromatic heterocycles. The van der Waals surface area contributed by atoms with Crippen molar-refractivity contribution in [2.75, 3.05) is 19.4 Å². The van der Waals surface area contributed by atoms with E-state index in [4.69, 9.17) is 0 Å². The molecule has 0 atom stereocenters. The zero-order valence-electron chi connectivity index (χ0n) is 15.0. The van der Waals surface area contributed by atoms with Crippen LogP contribution in [-0.4, -0.2) is 40.4 Å². The Bertz CT molecular complexity index is 781. The lowest BCUT2D eigenvalue weighted by atomic mass is 9.81. The summed E-state index contributed by atoms with van der Waals surface area (Å²) < 4.78 is 15.9. The van der Waals surface area contributed by atoms with Crippen LogP contribution in [0.2, 0.25) is 0 Å². The van der Waals surface area contributed by atoms with Gasteiger partial charge in [0.1, 0.15) is 5.82 Å². The molecule has 1 aliphatic rings. The Morgan fingerprint density at radius 3 is 2.46 bits per heavy atom. The smallest absolute Gasteiger partial charge is 0.227 e. The molecule has 138 valence electrons. The number of carbonyl (C=O) groups excluding carboxylic acids is 2. The van der Waals surface area contributed by atoms with Crippen molar-refractivity contribution in [1.82, 2.24) is 14.5 Å². The van der Waals surface area contributed by atoms with E-state index in [1.165, 1.54) is 12.4 Å². The van der Waals surface area contributed by atoms with Crippen LogP contribution in [-0.2, 0) is 9.59 Å². The molecule has 0 bridgehead atoms. The van der Waals surface area contributed by atoms with Gasteiger partial charge in [0.15, 0.2) is 0 Å². The maximum atomic E-state index is 14.3. The highest BCUT2D eigenvalue weighted by Gasteiger charge is 2.30. The molecule has 0 radical (unpaired) electrons. The Labute approximate surface area is 152 Å². The van der Waals surface area contributed by atoms with Crippen molar-refractivity contribution >= 4 is 17.5 Å². The summed E-state index contributed by atoms with van der Waals surface area (Å²) >= 11 is 0. The number of aromatic nitrogens is 2. The summed E-state index contributed by atoms with van der Waals surface area (Å²) in [5.41, 5.74) is 0.811. The maximum Gasteiger partial charge on any atom is 0.227 e. The first-order valence-electron chi connectivity index (χ1n) is 8.75. The van der Waals surface area contributed by atoms with Crippen LogP contribution in [0.5, 0.6) is 0 Å². The van der Waals surface area contributed by atoms with E-state index in [-0.39, 0.29) is 23.7 Å². The molecule has 0 aliphatic heterocycles. The van der Waals surface area contributed by atoms with Crippen molar-refractivity contribution in [3.8, 4) is 5.69 Å². The van der Waals surface area contributed by atoms with Crippen molar-refractivity contribution < 1.29 is 14.0 Å². The first-order chi connectivity index (χ1) is 12.5. The number of benzene rings is 1. The van der Waals surface area contributed by atoms with E-state index >= 15 is 0 Å². The van der Waals surface area contributed by atoms with E-state index in [0.717, 1.165) is 0 Å². The van der Waals surface area contributed by atoms with Crippen molar-refractivity contribution in [3.05, 3.63) is 42.7 Å². The average molecular weight is 358 g/mol. The normalized spacial score (nSPS) is 19.8. The molecule has 0 saturated heterocycles. The molecule has 0 unspecified atom stereocenters. The van der Waals surface area contributed by atoms with Crippen LogP contribution in [0.4, 0.5) is 10.1 Å². The summed E-state index contributed by atoms with van der Waals surface area (Å²) in [5.74, 6) is -0.559. The monoisotopic (exact) mass is 358 g/mol. The molecule has 2 aromatic rings. The Morgan fingerprint density at radius 1 is 1.19 bits per heavy atom. The number of hydrogen-bond acceptors (Lipinski definition) is 3. The molecule has 7 heteroatoms. The standard InChI is InChI=1S/C19H23FN4O2/c1-23(2)19(26)14-5-3-13(4-6-14)18(25)22-15-7-8-17(16(20)11-15)24-10-9-21-12-24/h7-14H,3-6H2,1-2H3,(H,22,25). The van der Waals surface area contributed by atoms with Crippen molar-refractivity contribution in [1.29, 1.82) is 0 Å². The number of nitrogens with one attached hydrogen (secondary N) is 1.